The molecule has 1 aliphatic heterocycles. The van der Waals surface area contributed by atoms with Gasteiger partial charge >= 0.3 is 12.0 Å². The van der Waals surface area contributed by atoms with Crippen LogP contribution in [0.4, 0.5) is 4.79 Å². The van der Waals surface area contributed by atoms with E-state index in [2.05, 4.69) is 24.1 Å². The SMILES string of the molecule is CC1(C)CCCN1C(=O)NCCc1nc(CC(=O)O)cs1. The summed E-state index contributed by atoms with van der Waals surface area (Å²) in [6.07, 6.45) is 2.66. The number of carbonyl (C=O) groups is 2. The van der Waals surface area contributed by atoms with E-state index >= 15 is 0 Å². The third kappa shape index (κ3) is 4.17. The normalized spacial score (nSPS) is 17.0. The molecule has 0 aliphatic carbocycles. The molecule has 7 heteroatoms. The monoisotopic (exact) mass is 311 g/mol. The highest BCUT2D eigenvalue weighted by atomic mass is 32.1. The molecule has 1 aromatic rings. The Balaban J connectivity index is 1.77. The lowest BCUT2D eigenvalue weighted by Gasteiger charge is -2.31. The van der Waals surface area contributed by atoms with Crippen LogP contribution in [0.3, 0.4) is 0 Å². The maximum Gasteiger partial charge on any atom is 0.317 e. The number of carboxylic acid groups (broad SMARTS) is 1. The predicted molar refractivity (Wildman–Crippen MR) is 80.6 cm³/mol. The van der Waals surface area contributed by atoms with Crippen LogP contribution in [0.15, 0.2) is 5.38 Å². The summed E-state index contributed by atoms with van der Waals surface area (Å²) in [5.74, 6) is -0.878. The van der Waals surface area contributed by atoms with Crippen LogP contribution in [-0.4, -0.2) is 45.6 Å². The van der Waals surface area contributed by atoms with Crippen LogP contribution in [0.25, 0.3) is 0 Å². The lowest BCUT2D eigenvalue weighted by Crippen LogP contribution is -2.48. The number of carboxylic acids is 1. The molecule has 2 N–H and O–H groups in total. The second kappa shape index (κ2) is 6.43. The summed E-state index contributed by atoms with van der Waals surface area (Å²) in [7, 11) is 0. The van der Waals surface area contributed by atoms with Crippen LogP contribution >= 0.6 is 11.3 Å². The van der Waals surface area contributed by atoms with Crippen molar-refractivity contribution in [3.8, 4) is 0 Å². The topological polar surface area (TPSA) is 82.5 Å². The van der Waals surface area contributed by atoms with Gasteiger partial charge in [-0.1, -0.05) is 0 Å². The summed E-state index contributed by atoms with van der Waals surface area (Å²) in [4.78, 5) is 28.8. The first-order chi connectivity index (χ1) is 9.88. The molecule has 0 atom stereocenters. The Labute approximate surface area is 128 Å². The molecule has 2 rings (SSSR count). The number of hydrogen-bond acceptors (Lipinski definition) is 4. The molecule has 21 heavy (non-hydrogen) atoms. The molecule has 116 valence electrons. The van der Waals surface area contributed by atoms with Gasteiger partial charge in [-0.3, -0.25) is 4.79 Å². The number of nitrogens with one attached hydrogen (secondary N) is 1. The van der Waals surface area contributed by atoms with Gasteiger partial charge in [-0.2, -0.15) is 0 Å². The predicted octanol–water partition coefficient (Wildman–Crippen LogP) is 1.90. The fourth-order valence-corrected chi connectivity index (χ4v) is 3.35. The zero-order valence-electron chi connectivity index (χ0n) is 12.4. The molecule has 6 nitrogen and oxygen atoms in total. The van der Waals surface area contributed by atoms with Crippen LogP contribution in [0.1, 0.15) is 37.4 Å². The quantitative estimate of drug-likeness (QED) is 0.870. The Bertz CT molecular complexity index is 527. The molecule has 1 fully saturated rings. The van der Waals surface area contributed by atoms with Crippen molar-refractivity contribution in [2.24, 2.45) is 0 Å². The van der Waals surface area contributed by atoms with Crippen molar-refractivity contribution in [2.75, 3.05) is 13.1 Å². The molecule has 0 bridgehead atoms. The molecule has 2 heterocycles. The van der Waals surface area contributed by atoms with Crippen molar-refractivity contribution in [2.45, 2.75) is 45.1 Å². The molecule has 0 radical (unpaired) electrons. The van der Waals surface area contributed by atoms with Crippen molar-refractivity contribution in [3.05, 3.63) is 16.1 Å². The molecule has 0 saturated carbocycles. The van der Waals surface area contributed by atoms with Gasteiger partial charge in [-0.15, -0.1) is 11.3 Å². The van der Waals surface area contributed by atoms with Gasteiger partial charge in [-0.25, -0.2) is 9.78 Å². The van der Waals surface area contributed by atoms with Gasteiger partial charge in [0.25, 0.3) is 0 Å². The van der Waals surface area contributed by atoms with E-state index in [1.165, 1.54) is 11.3 Å². The van der Waals surface area contributed by atoms with E-state index in [0.29, 0.717) is 18.7 Å². The molecule has 0 unspecified atom stereocenters. The minimum absolute atomic E-state index is 0.0279. The molecule has 0 spiro atoms. The summed E-state index contributed by atoms with van der Waals surface area (Å²) in [6, 6.07) is -0.0279. The highest BCUT2D eigenvalue weighted by Gasteiger charge is 2.35. The number of amides is 2. The van der Waals surface area contributed by atoms with Crippen LogP contribution in [0.2, 0.25) is 0 Å². The molecular formula is C14H21N3O3S. The van der Waals surface area contributed by atoms with Crippen LogP contribution in [-0.2, 0) is 17.6 Å². The van der Waals surface area contributed by atoms with Gasteiger partial charge in [0.2, 0.25) is 0 Å². The van der Waals surface area contributed by atoms with E-state index in [1.807, 2.05) is 4.90 Å². The average Bonchev–Trinajstić information content (AvgIpc) is 2.94. The second-order valence-corrected chi connectivity index (χ2v) is 6.80. The largest absolute Gasteiger partial charge is 0.481 e. The number of thiazole rings is 1. The third-order valence-electron chi connectivity index (χ3n) is 3.69. The van der Waals surface area contributed by atoms with Gasteiger partial charge in [0.1, 0.15) is 0 Å². The minimum Gasteiger partial charge on any atom is -0.481 e. The lowest BCUT2D eigenvalue weighted by molar-refractivity contribution is -0.136. The number of aliphatic carboxylic acids is 1. The van der Waals surface area contributed by atoms with Crippen molar-refractivity contribution < 1.29 is 14.7 Å². The van der Waals surface area contributed by atoms with Crippen LogP contribution in [0.5, 0.6) is 0 Å². The van der Waals surface area contributed by atoms with Gasteiger partial charge in [-0.05, 0) is 26.7 Å². The smallest absolute Gasteiger partial charge is 0.317 e. The zero-order valence-corrected chi connectivity index (χ0v) is 13.2. The number of rotatable bonds is 5. The second-order valence-electron chi connectivity index (χ2n) is 5.85. The number of aromatic nitrogens is 1. The molecule has 0 aromatic carbocycles. The van der Waals surface area contributed by atoms with Crippen LogP contribution < -0.4 is 5.32 Å². The average molecular weight is 311 g/mol. The minimum atomic E-state index is -0.878. The van der Waals surface area contributed by atoms with E-state index in [9.17, 15) is 9.59 Å². The highest BCUT2D eigenvalue weighted by molar-refractivity contribution is 7.09. The maximum absolute atomic E-state index is 12.1. The molecule has 1 aromatic heterocycles. The van der Waals surface area contributed by atoms with E-state index in [0.717, 1.165) is 24.4 Å². The fourth-order valence-electron chi connectivity index (χ4n) is 2.56. The fraction of sp³-hybridized carbons (Fsp3) is 0.643. The molecular weight excluding hydrogens is 290 g/mol. The van der Waals surface area contributed by atoms with Crippen molar-refractivity contribution in [3.63, 3.8) is 0 Å². The van der Waals surface area contributed by atoms with Gasteiger partial charge in [0.15, 0.2) is 0 Å². The molecule has 1 aliphatic rings. The summed E-state index contributed by atoms with van der Waals surface area (Å²) in [5, 5.41) is 14.2. The van der Waals surface area contributed by atoms with Crippen molar-refractivity contribution >= 4 is 23.3 Å². The first-order valence-corrected chi connectivity index (χ1v) is 7.97. The number of urea groups is 1. The molecule has 2 amide bonds. The van der Waals surface area contributed by atoms with Gasteiger partial charge in [0, 0.05) is 30.4 Å². The Morgan fingerprint density at radius 2 is 2.29 bits per heavy atom. The summed E-state index contributed by atoms with van der Waals surface area (Å²) in [6.45, 7) is 5.49. The lowest BCUT2D eigenvalue weighted by atomic mass is 10.0. The van der Waals surface area contributed by atoms with Crippen LogP contribution in [0, 0.1) is 0 Å². The van der Waals surface area contributed by atoms with Crippen molar-refractivity contribution in [1.82, 2.24) is 15.2 Å². The Morgan fingerprint density at radius 1 is 1.52 bits per heavy atom. The summed E-state index contributed by atoms with van der Waals surface area (Å²) < 4.78 is 0. The van der Waals surface area contributed by atoms with E-state index in [1.54, 1.807) is 5.38 Å². The number of nitrogens with zero attached hydrogens (tertiary/aromatic N) is 2. The van der Waals surface area contributed by atoms with E-state index in [-0.39, 0.29) is 18.0 Å². The first-order valence-electron chi connectivity index (χ1n) is 7.09. The van der Waals surface area contributed by atoms with Gasteiger partial charge in [0.05, 0.1) is 17.1 Å². The maximum atomic E-state index is 12.1. The van der Waals surface area contributed by atoms with Crippen molar-refractivity contribution in [1.29, 1.82) is 0 Å². The molecule has 1 saturated heterocycles. The zero-order chi connectivity index (χ0) is 15.5. The standard InChI is InChI=1S/C14H21N3O3S/c1-14(2)5-3-7-17(14)13(20)15-6-4-11-16-10(9-21-11)8-12(18)19/h9H,3-8H2,1-2H3,(H,15,20)(H,18,19). The highest BCUT2D eigenvalue weighted by Crippen LogP contribution is 2.27. The Morgan fingerprint density at radius 3 is 2.90 bits per heavy atom. The number of hydrogen-bond donors (Lipinski definition) is 2. The third-order valence-corrected chi connectivity index (χ3v) is 4.65. The van der Waals surface area contributed by atoms with E-state index in [4.69, 9.17) is 5.11 Å². The number of likely N-dealkylation sites (tertiary alicyclic amines) is 1. The Kier molecular flexibility index (Phi) is 4.82. The van der Waals surface area contributed by atoms with Gasteiger partial charge < -0.3 is 15.3 Å². The Hall–Kier alpha value is -1.63. The first kappa shape index (κ1) is 15.8. The summed E-state index contributed by atoms with van der Waals surface area (Å²) in [5.41, 5.74) is 0.509. The summed E-state index contributed by atoms with van der Waals surface area (Å²) >= 11 is 1.44. The number of carbonyl (C=O) groups excluding carboxylic acids is 1. The van der Waals surface area contributed by atoms with E-state index < -0.39 is 5.97 Å².